The first-order chi connectivity index (χ1) is 28.8. The van der Waals surface area contributed by atoms with Crippen molar-refractivity contribution in [3.8, 4) is 29.4 Å². The number of halogens is 3. The van der Waals surface area contributed by atoms with Crippen LogP contribution in [0.1, 0.15) is 144 Å². The molecule has 0 unspecified atom stereocenters. The fraction of sp³-hybridized carbons (Fsp3) is 0.310. The molecule has 5 aromatic rings. The molecule has 7 rings (SSSR count). The highest BCUT2D eigenvalue weighted by Crippen LogP contribution is 2.58. The Balaban J connectivity index is 1.67. The Morgan fingerprint density at radius 3 is 1.21 bits per heavy atom. The quantitative estimate of drug-likeness (QED) is 0.165. The van der Waals surface area contributed by atoms with Gasteiger partial charge >= 0.3 is 6.18 Å². The lowest BCUT2D eigenvalue weighted by Gasteiger charge is -2.27. The van der Waals surface area contributed by atoms with Gasteiger partial charge < -0.3 is 4.74 Å². The third-order valence-corrected chi connectivity index (χ3v) is 11.8. The van der Waals surface area contributed by atoms with Gasteiger partial charge in [-0.15, -0.1) is 0 Å². The maximum atomic E-state index is 13.6. The van der Waals surface area contributed by atoms with Crippen molar-refractivity contribution >= 4 is 22.3 Å². The Bertz CT molecular complexity index is 2740. The maximum absolute atomic E-state index is 13.6. The number of methoxy groups -OCH3 is 1. The Morgan fingerprint density at radius 1 is 0.387 bits per heavy atom. The highest BCUT2D eigenvalue weighted by Gasteiger charge is 2.40. The average molecular weight is 827 g/mol. The molecule has 316 valence electrons. The number of allylic oxidation sites excluding steroid dienone is 6. The third kappa shape index (κ3) is 8.85. The van der Waals surface area contributed by atoms with Crippen molar-refractivity contribution < 1.29 is 17.9 Å². The van der Waals surface area contributed by atoms with E-state index in [1.165, 1.54) is 34.4 Å². The van der Waals surface area contributed by atoms with Crippen LogP contribution in [0.2, 0.25) is 0 Å². The van der Waals surface area contributed by atoms with Gasteiger partial charge in [0.05, 0.1) is 12.7 Å². The maximum Gasteiger partial charge on any atom is 0.416 e. The van der Waals surface area contributed by atoms with Crippen LogP contribution in [0, 0.1) is 23.7 Å². The topological polar surface area (TPSA) is 9.23 Å². The summed E-state index contributed by atoms with van der Waals surface area (Å²) in [5.41, 5.74) is 14.9. The van der Waals surface area contributed by atoms with Crippen molar-refractivity contribution in [2.24, 2.45) is 0 Å². The van der Waals surface area contributed by atoms with E-state index in [9.17, 15) is 13.2 Å². The largest absolute Gasteiger partial charge is 0.497 e. The van der Waals surface area contributed by atoms with E-state index < -0.39 is 11.7 Å². The van der Waals surface area contributed by atoms with E-state index >= 15 is 0 Å². The summed E-state index contributed by atoms with van der Waals surface area (Å²) in [4.78, 5) is 0. The highest BCUT2D eigenvalue weighted by molar-refractivity contribution is 6.30. The Hall–Kier alpha value is -5.97. The van der Waals surface area contributed by atoms with Gasteiger partial charge in [-0.2, -0.15) is 13.2 Å². The molecule has 1 nitrogen and oxygen atoms in total. The molecule has 0 bridgehead atoms. The van der Waals surface area contributed by atoms with Crippen LogP contribution >= 0.6 is 0 Å². The van der Waals surface area contributed by atoms with Crippen molar-refractivity contribution in [1.29, 1.82) is 0 Å². The molecule has 0 heterocycles. The van der Waals surface area contributed by atoms with E-state index in [2.05, 4.69) is 161 Å². The summed E-state index contributed by atoms with van der Waals surface area (Å²) in [5.74, 6) is 14.9. The van der Waals surface area contributed by atoms with Crippen LogP contribution in [0.4, 0.5) is 13.2 Å². The lowest BCUT2D eigenvalue weighted by atomic mass is 9.77. The van der Waals surface area contributed by atoms with Gasteiger partial charge in [0, 0.05) is 44.6 Å². The SMILES string of the molecule is COc1ccc(C#CC2=C(c3cc(C(C)(C)C)cc(C(C)(C)C)c3)C3=C(C#Cc4ccc(C(F)(F)F)cc4)c4ccccc4C3=C2c2cc(C(C)(C)C)cc(C(C)(C)C)c2)cc1. The van der Waals surface area contributed by atoms with E-state index in [4.69, 9.17) is 4.74 Å². The Morgan fingerprint density at radius 2 is 0.790 bits per heavy atom. The predicted octanol–water partition coefficient (Wildman–Crippen LogP) is 15.2. The molecular formula is C58H57F3O. The third-order valence-electron chi connectivity index (χ3n) is 11.8. The van der Waals surface area contributed by atoms with Crippen molar-refractivity contribution in [2.45, 2.75) is 111 Å². The number of ether oxygens (including phenoxy) is 1. The zero-order chi connectivity index (χ0) is 45.2. The minimum absolute atomic E-state index is 0.144. The standard InChI is InChI=1S/C58H57F3O/c1-54(2,3)41-30-38(31-42(34-41)55(4,5)6)50-49(29-23-37-20-26-45(62-13)27-21-37)51(39-32-43(56(7,8)9)35-44(33-39)57(10,11)12)53-48(46-16-14-15-17-47(46)52(50)53)28-22-36-18-24-40(25-19-36)58(59,60)61/h14-21,24-27,30-35H,1-13H3. The summed E-state index contributed by atoms with van der Waals surface area (Å²) in [5, 5.41) is 0. The molecule has 0 aromatic heterocycles. The first kappa shape index (κ1) is 44.1. The molecule has 2 aliphatic carbocycles. The molecule has 0 spiro atoms. The van der Waals surface area contributed by atoms with Crippen LogP contribution in [0.25, 0.3) is 22.3 Å². The molecule has 0 aliphatic heterocycles. The molecule has 62 heavy (non-hydrogen) atoms. The summed E-state index contributed by atoms with van der Waals surface area (Å²) in [7, 11) is 1.66. The fourth-order valence-corrected chi connectivity index (χ4v) is 7.99. The molecule has 2 aliphatic rings. The second-order valence-corrected chi connectivity index (χ2v) is 20.7. The number of rotatable bonds is 3. The Labute approximate surface area is 367 Å². The summed E-state index contributed by atoms with van der Waals surface area (Å²) < 4.78 is 46.3. The van der Waals surface area contributed by atoms with Crippen LogP contribution < -0.4 is 4.74 Å². The van der Waals surface area contributed by atoms with Crippen LogP contribution in [-0.4, -0.2) is 7.11 Å². The fourth-order valence-electron chi connectivity index (χ4n) is 7.99. The van der Waals surface area contributed by atoms with Crippen molar-refractivity contribution in [2.75, 3.05) is 7.11 Å². The normalized spacial score (nSPS) is 14.3. The van der Waals surface area contributed by atoms with Crippen LogP contribution in [0.5, 0.6) is 5.75 Å². The zero-order valence-corrected chi connectivity index (χ0v) is 38.4. The van der Waals surface area contributed by atoms with Gasteiger partial charge in [0.1, 0.15) is 5.75 Å². The summed E-state index contributed by atoms with van der Waals surface area (Å²) in [6.45, 7) is 27.0. The molecule has 0 fully saturated rings. The number of hydrogen-bond donors (Lipinski definition) is 0. The second-order valence-electron chi connectivity index (χ2n) is 20.7. The molecule has 0 radical (unpaired) electrons. The van der Waals surface area contributed by atoms with Gasteiger partial charge in [0.2, 0.25) is 0 Å². The lowest BCUT2D eigenvalue weighted by Crippen LogP contribution is -2.17. The Kier molecular flexibility index (Phi) is 11.2. The molecule has 0 N–H and O–H groups in total. The van der Waals surface area contributed by atoms with Gasteiger partial charge in [-0.3, -0.25) is 0 Å². The van der Waals surface area contributed by atoms with Gasteiger partial charge in [0.25, 0.3) is 0 Å². The van der Waals surface area contributed by atoms with E-state index in [0.717, 1.165) is 79.1 Å². The van der Waals surface area contributed by atoms with Crippen molar-refractivity contribution in [3.63, 3.8) is 0 Å². The van der Waals surface area contributed by atoms with Crippen LogP contribution in [0.15, 0.2) is 120 Å². The lowest BCUT2D eigenvalue weighted by molar-refractivity contribution is -0.137. The van der Waals surface area contributed by atoms with Gasteiger partial charge in [0.15, 0.2) is 0 Å². The van der Waals surface area contributed by atoms with Crippen LogP contribution in [-0.2, 0) is 27.8 Å². The van der Waals surface area contributed by atoms with Gasteiger partial charge in [-0.25, -0.2) is 0 Å². The van der Waals surface area contributed by atoms with E-state index in [-0.39, 0.29) is 21.7 Å². The second kappa shape index (κ2) is 15.7. The number of fused-ring (bicyclic) bond motifs is 3. The van der Waals surface area contributed by atoms with Crippen molar-refractivity contribution in [3.05, 3.63) is 182 Å². The minimum atomic E-state index is -4.44. The summed E-state index contributed by atoms with van der Waals surface area (Å²) >= 11 is 0. The molecule has 0 atom stereocenters. The number of alkyl halides is 3. The minimum Gasteiger partial charge on any atom is -0.497 e. The molecular weight excluding hydrogens is 770 g/mol. The first-order valence-corrected chi connectivity index (χ1v) is 21.4. The van der Waals surface area contributed by atoms with E-state index in [1.807, 2.05) is 30.3 Å². The molecule has 0 saturated heterocycles. The number of benzene rings is 5. The van der Waals surface area contributed by atoms with E-state index in [0.29, 0.717) is 5.56 Å². The summed E-state index contributed by atoms with van der Waals surface area (Å²) in [6.07, 6.45) is -4.44. The number of hydrogen-bond acceptors (Lipinski definition) is 1. The molecule has 0 saturated carbocycles. The smallest absolute Gasteiger partial charge is 0.416 e. The van der Waals surface area contributed by atoms with Crippen molar-refractivity contribution in [1.82, 2.24) is 0 Å². The van der Waals surface area contributed by atoms with E-state index in [1.54, 1.807) is 7.11 Å². The molecule has 0 amide bonds. The van der Waals surface area contributed by atoms with Crippen LogP contribution in [0.3, 0.4) is 0 Å². The monoisotopic (exact) mass is 826 g/mol. The first-order valence-electron chi connectivity index (χ1n) is 21.4. The summed E-state index contributed by atoms with van der Waals surface area (Å²) in [6, 6.07) is 35.3. The zero-order valence-electron chi connectivity index (χ0n) is 38.4. The highest BCUT2D eigenvalue weighted by atomic mass is 19.4. The van der Waals surface area contributed by atoms with Gasteiger partial charge in [-0.05, 0) is 115 Å². The predicted molar refractivity (Wildman–Crippen MR) is 253 cm³/mol. The average Bonchev–Trinajstić information content (AvgIpc) is 3.69. The molecule has 4 heteroatoms. The van der Waals surface area contributed by atoms with Gasteiger partial charge in [-0.1, -0.05) is 167 Å². The molecule has 5 aromatic carbocycles.